The number of nitrogens with zero attached hydrogens (tertiary/aromatic N) is 1. The average molecular weight is 277 g/mol. The fraction of sp³-hybridized carbons (Fsp3) is 0.143. The molecule has 2 rings (SSSR count). The molecule has 0 saturated heterocycles. The maximum Gasteiger partial charge on any atom is 0.337 e. The lowest BCUT2D eigenvalue weighted by Gasteiger charge is -2.13. The molecule has 1 heterocycles. The highest BCUT2D eigenvalue weighted by Crippen LogP contribution is 2.28. The van der Waals surface area contributed by atoms with Crippen LogP contribution in [0.5, 0.6) is 0 Å². The highest BCUT2D eigenvalue weighted by Gasteiger charge is 2.10. The first-order chi connectivity index (χ1) is 8.99. The van der Waals surface area contributed by atoms with Crippen molar-refractivity contribution in [1.29, 1.82) is 0 Å². The fourth-order valence-corrected chi connectivity index (χ4v) is 1.99. The predicted molar refractivity (Wildman–Crippen MR) is 75.4 cm³/mol. The van der Waals surface area contributed by atoms with Crippen LogP contribution in [0.15, 0.2) is 30.5 Å². The second-order valence-corrected chi connectivity index (χ2v) is 4.66. The summed E-state index contributed by atoms with van der Waals surface area (Å²) < 4.78 is 0. The van der Waals surface area contributed by atoms with Gasteiger partial charge in [0.15, 0.2) is 0 Å². The van der Waals surface area contributed by atoms with Crippen LogP contribution in [-0.2, 0) is 0 Å². The molecule has 4 nitrogen and oxygen atoms in total. The third kappa shape index (κ3) is 2.85. The van der Waals surface area contributed by atoms with Gasteiger partial charge in [0, 0.05) is 11.9 Å². The van der Waals surface area contributed by atoms with E-state index in [0.29, 0.717) is 5.82 Å². The van der Waals surface area contributed by atoms with Gasteiger partial charge in [0.25, 0.3) is 0 Å². The quantitative estimate of drug-likeness (QED) is 0.895. The number of aryl methyl sites for hydroxylation is 2. The zero-order valence-electron chi connectivity index (χ0n) is 10.6. The Morgan fingerprint density at radius 2 is 1.95 bits per heavy atom. The Hall–Kier alpha value is -2.07. The van der Waals surface area contributed by atoms with Gasteiger partial charge in [-0.25, -0.2) is 9.78 Å². The van der Waals surface area contributed by atoms with Crippen LogP contribution in [0.3, 0.4) is 0 Å². The molecule has 0 fully saturated rings. The van der Waals surface area contributed by atoms with Crippen LogP contribution >= 0.6 is 11.6 Å². The van der Waals surface area contributed by atoms with Crippen LogP contribution in [0.25, 0.3) is 0 Å². The highest BCUT2D eigenvalue weighted by molar-refractivity contribution is 6.33. The lowest BCUT2D eigenvalue weighted by molar-refractivity contribution is 0.0696. The molecule has 0 saturated carbocycles. The van der Waals surface area contributed by atoms with Crippen molar-refractivity contribution in [2.75, 3.05) is 5.32 Å². The molecule has 19 heavy (non-hydrogen) atoms. The first-order valence-electron chi connectivity index (χ1n) is 5.71. The van der Waals surface area contributed by atoms with E-state index < -0.39 is 5.97 Å². The summed E-state index contributed by atoms with van der Waals surface area (Å²) in [4.78, 5) is 14.9. The van der Waals surface area contributed by atoms with Gasteiger partial charge in [-0.3, -0.25) is 0 Å². The number of para-hydroxylation sites is 1. The number of anilines is 2. The molecule has 98 valence electrons. The zero-order chi connectivity index (χ0) is 14.0. The van der Waals surface area contributed by atoms with Crippen molar-refractivity contribution in [3.05, 3.63) is 52.2 Å². The lowest BCUT2D eigenvalue weighted by atomic mass is 10.1. The van der Waals surface area contributed by atoms with Crippen LogP contribution in [0.4, 0.5) is 11.5 Å². The molecule has 0 spiro atoms. The van der Waals surface area contributed by atoms with E-state index in [9.17, 15) is 4.79 Å². The number of carbonyl (C=O) groups is 1. The molecule has 0 bridgehead atoms. The van der Waals surface area contributed by atoms with E-state index in [1.54, 1.807) is 0 Å². The van der Waals surface area contributed by atoms with Gasteiger partial charge in [0.2, 0.25) is 0 Å². The van der Waals surface area contributed by atoms with Crippen molar-refractivity contribution in [3.8, 4) is 0 Å². The van der Waals surface area contributed by atoms with E-state index in [2.05, 4.69) is 10.3 Å². The summed E-state index contributed by atoms with van der Waals surface area (Å²) in [7, 11) is 0. The summed E-state index contributed by atoms with van der Waals surface area (Å²) in [6.07, 6.45) is 1.28. The highest BCUT2D eigenvalue weighted by atomic mass is 35.5. The van der Waals surface area contributed by atoms with Gasteiger partial charge < -0.3 is 10.4 Å². The minimum Gasteiger partial charge on any atom is -0.478 e. The van der Waals surface area contributed by atoms with E-state index in [1.807, 2.05) is 32.0 Å². The molecular weight excluding hydrogens is 264 g/mol. The molecule has 0 unspecified atom stereocenters. The van der Waals surface area contributed by atoms with E-state index in [1.165, 1.54) is 12.3 Å². The normalized spacial score (nSPS) is 10.3. The number of hydrogen-bond acceptors (Lipinski definition) is 3. The van der Waals surface area contributed by atoms with Gasteiger partial charge in [-0.05, 0) is 31.0 Å². The second-order valence-electron chi connectivity index (χ2n) is 4.25. The Balaban J connectivity index is 2.36. The van der Waals surface area contributed by atoms with Crippen molar-refractivity contribution in [2.45, 2.75) is 13.8 Å². The van der Waals surface area contributed by atoms with Crippen LogP contribution in [0, 0.1) is 13.8 Å². The van der Waals surface area contributed by atoms with Gasteiger partial charge >= 0.3 is 5.97 Å². The molecule has 0 aliphatic rings. The number of halogens is 1. The van der Waals surface area contributed by atoms with Crippen molar-refractivity contribution >= 4 is 29.1 Å². The minimum atomic E-state index is -1.05. The Morgan fingerprint density at radius 1 is 1.32 bits per heavy atom. The maximum atomic E-state index is 10.8. The number of aromatic nitrogens is 1. The number of benzene rings is 1. The summed E-state index contributed by atoms with van der Waals surface area (Å²) in [6, 6.07) is 7.31. The van der Waals surface area contributed by atoms with Gasteiger partial charge in [0.1, 0.15) is 5.82 Å². The van der Waals surface area contributed by atoms with Gasteiger partial charge in [0.05, 0.1) is 10.6 Å². The molecule has 1 aromatic heterocycles. The molecule has 0 atom stereocenters. The molecule has 0 aliphatic heterocycles. The summed E-state index contributed by atoms with van der Waals surface area (Å²) >= 11 is 6.04. The predicted octanol–water partition coefficient (Wildman–Crippen LogP) is 3.79. The Labute approximate surface area is 116 Å². The molecular formula is C14H13ClN2O2. The lowest BCUT2D eigenvalue weighted by Crippen LogP contribution is -2.02. The third-order valence-electron chi connectivity index (χ3n) is 2.81. The number of rotatable bonds is 3. The van der Waals surface area contributed by atoms with Crippen LogP contribution in [0.2, 0.25) is 5.02 Å². The smallest absolute Gasteiger partial charge is 0.337 e. The maximum absolute atomic E-state index is 10.8. The molecule has 2 aromatic rings. The SMILES string of the molecule is Cc1cccc(C)c1Nc1ncc(C(=O)O)cc1Cl. The van der Waals surface area contributed by atoms with Crippen molar-refractivity contribution in [3.63, 3.8) is 0 Å². The minimum absolute atomic E-state index is 0.0667. The third-order valence-corrected chi connectivity index (χ3v) is 3.10. The summed E-state index contributed by atoms with van der Waals surface area (Å²) in [5, 5.41) is 12.3. The van der Waals surface area contributed by atoms with Crippen LogP contribution in [-0.4, -0.2) is 16.1 Å². The number of carboxylic acid groups (broad SMARTS) is 1. The average Bonchev–Trinajstić information content (AvgIpc) is 2.35. The van der Waals surface area contributed by atoms with E-state index >= 15 is 0 Å². The number of aromatic carboxylic acids is 1. The van der Waals surface area contributed by atoms with Gasteiger partial charge in [-0.1, -0.05) is 29.8 Å². The number of pyridine rings is 1. The second kappa shape index (κ2) is 5.28. The van der Waals surface area contributed by atoms with Crippen molar-refractivity contribution < 1.29 is 9.90 Å². The Bertz CT molecular complexity index is 621. The van der Waals surface area contributed by atoms with Crippen molar-refractivity contribution in [2.24, 2.45) is 0 Å². The molecule has 0 aliphatic carbocycles. The topological polar surface area (TPSA) is 62.2 Å². The Kier molecular flexibility index (Phi) is 3.71. The first-order valence-corrected chi connectivity index (χ1v) is 6.09. The van der Waals surface area contributed by atoms with Crippen molar-refractivity contribution in [1.82, 2.24) is 4.98 Å². The van der Waals surface area contributed by atoms with E-state index in [4.69, 9.17) is 16.7 Å². The number of carboxylic acids is 1. The van der Waals surface area contributed by atoms with Crippen LogP contribution < -0.4 is 5.32 Å². The monoisotopic (exact) mass is 276 g/mol. The Morgan fingerprint density at radius 3 is 2.47 bits per heavy atom. The zero-order valence-corrected chi connectivity index (χ0v) is 11.3. The molecule has 5 heteroatoms. The fourth-order valence-electron chi connectivity index (χ4n) is 1.78. The number of hydrogen-bond donors (Lipinski definition) is 2. The van der Waals surface area contributed by atoms with Gasteiger partial charge in [-0.2, -0.15) is 0 Å². The molecule has 1 aromatic carbocycles. The molecule has 0 amide bonds. The van der Waals surface area contributed by atoms with Gasteiger partial charge in [-0.15, -0.1) is 0 Å². The largest absolute Gasteiger partial charge is 0.478 e. The molecule has 0 radical (unpaired) electrons. The summed E-state index contributed by atoms with van der Waals surface area (Å²) in [5.74, 6) is -0.600. The van der Waals surface area contributed by atoms with Crippen LogP contribution in [0.1, 0.15) is 21.5 Å². The summed E-state index contributed by atoms with van der Waals surface area (Å²) in [6.45, 7) is 3.96. The standard InChI is InChI=1S/C14H13ClN2O2/c1-8-4-3-5-9(2)12(8)17-13-11(15)6-10(7-16-13)14(18)19/h3-7H,1-2H3,(H,16,17)(H,18,19). The number of nitrogens with one attached hydrogen (secondary N) is 1. The van der Waals surface area contributed by atoms with E-state index in [0.717, 1.165) is 16.8 Å². The first kappa shape index (κ1) is 13.4. The van der Waals surface area contributed by atoms with E-state index in [-0.39, 0.29) is 10.6 Å². The molecule has 2 N–H and O–H groups in total. The summed E-state index contributed by atoms with van der Waals surface area (Å²) in [5.41, 5.74) is 3.14.